The molecule has 2 aromatic rings. The largest absolute Gasteiger partial charge is 0.363 e. The standard InChI is InChI=1S/C9H12N4S3/c1-3-14-5-7-11-4-6(15-7)8-12-13-9(10-2)16-8/h4H,3,5H2,1-2H3,(H,10,13). The number of hydrogen-bond acceptors (Lipinski definition) is 7. The normalized spacial score (nSPS) is 10.6. The van der Waals surface area contributed by atoms with Gasteiger partial charge in [-0.15, -0.1) is 21.5 Å². The Hall–Kier alpha value is -0.660. The number of aromatic nitrogens is 3. The number of nitrogens with one attached hydrogen (secondary N) is 1. The molecule has 0 aromatic carbocycles. The summed E-state index contributed by atoms with van der Waals surface area (Å²) in [7, 11) is 1.85. The van der Waals surface area contributed by atoms with Crippen molar-refractivity contribution in [1.29, 1.82) is 0 Å². The summed E-state index contributed by atoms with van der Waals surface area (Å²) in [6, 6.07) is 0. The lowest BCUT2D eigenvalue weighted by Crippen LogP contribution is -1.84. The predicted octanol–water partition coefficient (Wildman–Crippen LogP) is 2.96. The van der Waals surface area contributed by atoms with E-state index in [-0.39, 0.29) is 0 Å². The van der Waals surface area contributed by atoms with Gasteiger partial charge in [-0.3, -0.25) is 0 Å². The lowest BCUT2D eigenvalue weighted by atomic mass is 10.6. The quantitative estimate of drug-likeness (QED) is 0.907. The Bertz CT molecular complexity index is 451. The zero-order valence-electron chi connectivity index (χ0n) is 9.06. The minimum absolute atomic E-state index is 0.841. The van der Waals surface area contributed by atoms with Gasteiger partial charge in [-0.05, 0) is 5.75 Å². The zero-order valence-corrected chi connectivity index (χ0v) is 11.5. The van der Waals surface area contributed by atoms with E-state index in [4.69, 9.17) is 0 Å². The average Bonchev–Trinajstić information content (AvgIpc) is 2.94. The van der Waals surface area contributed by atoms with Gasteiger partial charge in [0.2, 0.25) is 5.13 Å². The molecule has 0 atom stereocenters. The van der Waals surface area contributed by atoms with Crippen LogP contribution in [0.1, 0.15) is 11.9 Å². The Morgan fingerprint density at radius 1 is 1.38 bits per heavy atom. The van der Waals surface area contributed by atoms with Crippen LogP contribution in [0.2, 0.25) is 0 Å². The van der Waals surface area contributed by atoms with E-state index in [2.05, 4.69) is 27.4 Å². The van der Waals surface area contributed by atoms with Crippen molar-refractivity contribution in [3.8, 4) is 9.88 Å². The van der Waals surface area contributed by atoms with E-state index in [0.29, 0.717) is 0 Å². The second-order valence-corrected chi connectivity index (χ2v) is 6.28. The van der Waals surface area contributed by atoms with Gasteiger partial charge < -0.3 is 5.32 Å². The smallest absolute Gasteiger partial charge is 0.205 e. The first-order valence-corrected chi connectivity index (χ1v) is 7.66. The highest BCUT2D eigenvalue weighted by molar-refractivity contribution is 7.98. The van der Waals surface area contributed by atoms with Crippen LogP contribution in [0.4, 0.5) is 5.13 Å². The van der Waals surface area contributed by atoms with Crippen molar-refractivity contribution < 1.29 is 0 Å². The van der Waals surface area contributed by atoms with Crippen LogP contribution in [0.25, 0.3) is 9.88 Å². The van der Waals surface area contributed by atoms with Crippen LogP contribution >= 0.6 is 34.4 Å². The molecule has 7 heteroatoms. The Morgan fingerprint density at radius 3 is 2.94 bits per heavy atom. The van der Waals surface area contributed by atoms with Crippen molar-refractivity contribution >= 4 is 39.6 Å². The van der Waals surface area contributed by atoms with Crippen LogP contribution in [0.5, 0.6) is 0 Å². The van der Waals surface area contributed by atoms with Crippen molar-refractivity contribution in [2.75, 3.05) is 18.1 Å². The fourth-order valence-electron chi connectivity index (χ4n) is 1.09. The monoisotopic (exact) mass is 272 g/mol. The molecule has 0 aliphatic rings. The molecular formula is C9H12N4S3. The third-order valence-corrected chi connectivity index (χ3v) is 5.01. The summed E-state index contributed by atoms with van der Waals surface area (Å²) >= 11 is 5.13. The summed E-state index contributed by atoms with van der Waals surface area (Å²) in [4.78, 5) is 5.48. The Morgan fingerprint density at radius 2 is 2.25 bits per heavy atom. The molecule has 2 rings (SSSR count). The molecule has 0 bridgehead atoms. The van der Waals surface area contributed by atoms with E-state index in [1.54, 1.807) is 22.7 Å². The zero-order chi connectivity index (χ0) is 11.4. The maximum atomic E-state index is 4.38. The third kappa shape index (κ3) is 2.72. The van der Waals surface area contributed by atoms with Crippen molar-refractivity contribution in [1.82, 2.24) is 15.2 Å². The van der Waals surface area contributed by atoms with Gasteiger partial charge in [0.25, 0.3) is 0 Å². The van der Waals surface area contributed by atoms with Crippen molar-refractivity contribution in [2.45, 2.75) is 12.7 Å². The molecule has 0 amide bonds. The van der Waals surface area contributed by atoms with Crippen LogP contribution < -0.4 is 5.32 Å². The molecule has 2 heterocycles. The van der Waals surface area contributed by atoms with Crippen LogP contribution in [-0.2, 0) is 5.75 Å². The molecule has 0 saturated carbocycles. The van der Waals surface area contributed by atoms with Gasteiger partial charge in [0, 0.05) is 19.0 Å². The lowest BCUT2D eigenvalue weighted by Gasteiger charge is -1.90. The van der Waals surface area contributed by atoms with E-state index in [9.17, 15) is 0 Å². The topological polar surface area (TPSA) is 50.7 Å². The minimum atomic E-state index is 0.841. The molecule has 16 heavy (non-hydrogen) atoms. The van der Waals surface area contributed by atoms with Crippen molar-refractivity contribution in [3.05, 3.63) is 11.2 Å². The molecule has 0 spiro atoms. The number of nitrogens with zero attached hydrogens (tertiary/aromatic N) is 3. The van der Waals surface area contributed by atoms with E-state index >= 15 is 0 Å². The molecule has 0 aliphatic heterocycles. The van der Waals surface area contributed by atoms with Gasteiger partial charge in [0.05, 0.1) is 4.88 Å². The summed E-state index contributed by atoms with van der Waals surface area (Å²) in [6.07, 6.45) is 1.89. The molecule has 2 aromatic heterocycles. The van der Waals surface area contributed by atoms with Gasteiger partial charge >= 0.3 is 0 Å². The summed E-state index contributed by atoms with van der Waals surface area (Å²) in [6.45, 7) is 2.16. The third-order valence-electron chi connectivity index (χ3n) is 1.83. The fourth-order valence-corrected chi connectivity index (χ4v) is 3.47. The Balaban J connectivity index is 2.11. The highest BCUT2D eigenvalue weighted by atomic mass is 32.2. The molecule has 86 valence electrons. The van der Waals surface area contributed by atoms with Crippen LogP contribution in [0.15, 0.2) is 6.20 Å². The number of thioether (sulfide) groups is 1. The van der Waals surface area contributed by atoms with E-state index in [1.165, 1.54) is 0 Å². The van der Waals surface area contributed by atoms with Gasteiger partial charge in [-0.1, -0.05) is 18.3 Å². The van der Waals surface area contributed by atoms with Crippen molar-refractivity contribution in [3.63, 3.8) is 0 Å². The minimum Gasteiger partial charge on any atom is -0.363 e. The molecular weight excluding hydrogens is 260 g/mol. The van der Waals surface area contributed by atoms with E-state index in [1.807, 2.05) is 25.0 Å². The molecule has 0 unspecified atom stereocenters. The average molecular weight is 272 g/mol. The van der Waals surface area contributed by atoms with Crippen molar-refractivity contribution in [2.24, 2.45) is 0 Å². The van der Waals surface area contributed by atoms with Crippen LogP contribution in [0, 0.1) is 0 Å². The first-order valence-electron chi connectivity index (χ1n) is 4.87. The summed E-state index contributed by atoms with van der Waals surface area (Å²) in [5.74, 6) is 2.11. The maximum Gasteiger partial charge on any atom is 0.205 e. The number of thiazole rings is 1. The SMILES string of the molecule is CCSCc1ncc(-c2nnc(NC)s2)s1. The molecule has 0 saturated heterocycles. The van der Waals surface area contributed by atoms with Gasteiger partial charge in [0.1, 0.15) is 5.01 Å². The first-order chi connectivity index (χ1) is 7.83. The second kappa shape index (κ2) is 5.60. The second-order valence-electron chi connectivity index (χ2n) is 2.92. The molecule has 4 nitrogen and oxygen atoms in total. The van der Waals surface area contributed by atoms with Crippen LogP contribution in [-0.4, -0.2) is 28.0 Å². The first kappa shape index (κ1) is 11.8. The number of hydrogen-bond donors (Lipinski definition) is 1. The van der Waals surface area contributed by atoms with Gasteiger partial charge in [0.15, 0.2) is 5.01 Å². The number of anilines is 1. The number of rotatable bonds is 5. The van der Waals surface area contributed by atoms with E-state index in [0.717, 1.165) is 31.5 Å². The Labute approximate surface area is 107 Å². The Kier molecular flexibility index (Phi) is 4.14. The highest BCUT2D eigenvalue weighted by Gasteiger charge is 2.09. The molecule has 1 N–H and O–H groups in total. The van der Waals surface area contributed by atoms with E-state index < -0.39 is 0 Å². The lowest BCUT2D eigenvalue weighted by molar-refractivity contribution is 1.09. The maximum absolute atomic E-state index is 4.38. The predicted molar refractivity (Wildman–Crippen MR) is 72.4 cm³/mol. The molecule has 0 aliphatic carbocycles. The van der Waals surface area contributed by atoms with Gasteiger partial charge in [-0.25, -0.2) is 4.98 Å². The van der Waals surface area contributed by atoms with Gasteiger partial charge in [-0.2, -0.15) is 11.8 Å². The summed E-state index contributed by atoms with van der Waals surface area (Å²) in [5.41, 5.74) is 0. The molecule has 0 fully saturated rings. The summed E-state index contributed by atoms with van der Waals surface area (Å²) < 4.78 is 0. The fraction of sp³-hybridized carbons (Fsp3) is 0.444. The highest BCUT2D eigenvalue weighted by Crippen LogP contribution is 2.31. The summed E-state index contributed by atoms with van der Waals surface area (Å²) in [5, 5.41) is 14.1. The van der Waals surface area contributed by atoms with Crippen LogP contribution in [0.3, 0.4) is 0 Å². The molecule has 0 radical (unpaired) electrons.